The summed E-state index contributed by atoms with van der Waals surface area (Å²) in [6.07, 6.45) is -1.13. The standard InChI is InChI=1S/C9H8F5NO/c10-8(16-14,9(11,12)15-13)6-7-4-2-1-3-5-7/h1-5,15H,6H2. The first-order valence-electron chi connectivity index (χ1n) is 4.23. The summed E-state index contributed by atoms with van der Waals surface area (Å²) in [5.41, 5.74) is -0.0808. The van der Waals surface area contributed by atoms with E-state index < -0.39 is 18.3 Å². The average molecular weight is 241 g/mol. The summed E-state index contributed by atoms with van der Waals surface area (Å²) in [5.74, 6) is -4.09. The average Bonchev–Trinajstić information content (AvgIpc) is 2.30. The first-order chi connectivity index (χ1) is 7.45. The van der Waals surface area contributed by atoms with Crippen LogP contribution >= 0.6 is 0 Å². The highest BCUT2D eigenvalue weighted by Crippen LogP contribution is 2.35. The van der Waals surface area contributed by atoms with Gasteiger partial charge < -0.3 is 0 Å². The van der Waals surface area contributed by atoms with Crippen molar-refractivity contribution in [2.45, 2.75) is 18.3 Å². The summed E-state index contributed by atoms with van der Waals surface area (Å²) in [6, 6.07) is 2.22. The molecule has 0 radical (unpaired) electrons. The third-order valence-corrected chi connectivity index (χ3v) is 1.98. The Kier molecular flexibility index (Phi) is 3.82. The maximum atomic E-state index is 13.3. The van der Waals surface area contributed by atoms with Gasteiger partial charge in [0.05, 0.1) is 0 Å². The fraction of sp³-hybridized carbons (Fsp3) is 0.333. The van der Waals surface area contributed by atoms with Crippen molar-refractivity contribution >= 4 is 0 Å². The minimum absolute atomic E-state index is 0.0394. The number of rotatable bonds is 5. The van der Waals surface area contributed by atoms with Gasteiger partial charge in [-0.3, -0.25) is 0 Å². The SMILES string of the molecule is FNC(F)(F)C(F)(Cc1ccccc1)OF. The monoisotopic (exact) mass is 241 g/mol. The molecule has 0 aromatic heterocycles. The Morgan fingerprint density at radius 2 is 1.69 bits per heavy atom. The summed E-state index contributed by atoms with van der Waals surface area (Å²) >= 11 is 0. The van der Waals surface area contributed by atoms with Crippen molar-refractivity contribution in [2.75, 3.05) is 0 Å². The molecule has 0 amide bonds. The fourth-order valence-electron chi connectivity index (χ4n) is 1.12. The van der Waals surface area contributed by atoms with Crippen molar-refractivity contribution in [2.24, 2.45) is 0 Å². The Morgan fingerprint density at radius 1 is 1.12 bits per heavy atom. The molecule has 1 unspecified atom stereocenters. The molecule has 1 N–H and O–H groups in total. The van der Waals surface area contributed by atoms with Crippen LogP contribution in [0.25, 0.3) is 0 Å². The molecular weight excluding hydrogens is 233 g/mol. The molecule has 0 spiro atoms. The molecule has 0 aliphatic carbocycles. The number of benzene rings is 1. The molecule has 0 aliphatic heterocycles. The largest absolute Gasteiger partial charge is 0.388 e. The molecule has 1 aromatic carbocycles. The molecule has 7 heteroatoms. The molecule has 0 saturated carbocycles. The van der Waals surface area contributed by atoms with Crippen molar-refractivity contribution < 1.29 is 27.1 Å². The van der Waals surface area contributed by atoms with Gasteiger partial charge in [0.2, 0.25) is 0 Å². The van der Waals surface area contributed by atoms with Crippen molar-refractivity contribution in [1.29, 1.82) is 0 Å². The van der Waals surface area contributed by atoms with E-state index in [1.807, 2.05) is 0 Å². The van der Waals surface area contributed by atoms with E-state index in [2.05, 4.69) is 4.94 Å². The second-order valence-corrected chi connectivity index (χ2v) is 3.14. The Balaban J connectivity index is 2.91. The van der Waals surface area contributed by atoms with Crippen molar-refractivity contribution in [3.63, 3.8) is 0 Å². The van der Waals surface area contributed by atoms with Crippen molar-refractivity contribution in [1.82, 2.24) is 5.54 Å². The first-order valence-corrected chi connectivity index (χ1v) is 4.23. The molecule has 1 rings (SSSR count). The third-order valence-electron chi connectivity index (χ3n) is 1.98. The molecule has 0 saturated heterocycles. The van der Waals surface area contributed by atoms with Crippen molar-refractivity contribution in [3.05, 3.63) is 35.9 Å². The Bertz CT molecular complexity index is 334. The molecule has 0 fully saturated rings. The molecule has 0 aliphatic rings. The molecular formula is C9H8F5NO. The molecule has 1 atom stereocenters. The lowest BCUT2D eigenvalue weighted by molar-refractivity contribution is -0.382. The number of alkyl halides is 3. The van der Waals surface area contributed by atoms with Gasteiger partial charge in [-0.15, -0.1) is 9.42 Å². The summed E-state index contributed by atoms with van der Waals surface area (Å²) in [4.78, 5) is 2.58. The zero-order valence-corrected chi connectivity index (χ0v) is 7.89. The predicted octanol–water partition coefficient (Wildman–Crippen LogP) is 2.86. The number of hydrogen-bond acceptors (Lipinski definition) is 2. The van der Waals surface area contributed by atoms with Crippen LogP contribution in [0.2, 0.25) is 0 Å². The molecule has 2 nitrogen and oxygen atoms in total. The van der Waals surface area contributed by atoms with Gasteiger partial charge in [-0.2, -0.15) is 13.2 Å². The molecule has 90 valence electrons. The predicted molar refractivity (Wildman–Crippen MR) is 45.4 cm³/mol. The van der Waals surface area contributed by atoms with Crippen LogP contribution in [0.15, 0.2) is 30.3 Å². The van der Waals surface area contributed by atoms with E-state index in [-0.39, 0.29) is 11.1 Å². The molecule has 0 heterocycles. The Hall–Kier alpha value is -1.21. The fourth-order valence-corrected chi connectivity index (χ4v) is 1.12. The summed E-state index contributed by atoms with van der Waals surface area (Å²) in [6.45, 7) is 0. The van der Waals surface area contributed by atoms with Gasteiger partial charge in [-0.1, -0.05) is 35.9 Å². The lowest BCUT2D eigenvalue weighted by Gasteiger charge is -2.26. The van der Waals surface area contributed by atoms with E-state index in [4.69, 9.17) is 0 Å². The summed E-state index contributed by atoms with van der Waals surface area (Å²) in [7, 11) is 0. The van der Waals surface area contributed by atoms with Gasteiger partial charge in [0.25, 0.3) is 0 Å². The Labute approximate surface area is 87.9 Å². The van der Waals surface area contributed by atoms with Crippen LogP contribution in [-0.4, -0.2) is 11.9 Å². The molecule has 1 aromatic rings. The van der Waals surface area contributed by atoms with Crippen LogP contribution in [0.4, 0.5) is 22.2 Å². The lowest BCUT2D eigenvalue weighted by Crippen LogP contribution is -2.53. The van der Waals surface area contributed by atoms with Crippen LogP contribution in [0.5, 0.6) is 0 Å². The summed E-state index contributed by atoms with van der Waals surface area (Å²) in [5, 5.41) is 0. The van der Waals surface area contributed by atoms with Gasteiger partial charge in [0.15, 0.2) is 0 Å². The highest BCUT2D eigenvalue weighted by atomic mass is 19.3. The minimum Gasteiger partial charge on any atom is -0.200 e. The zero-order valence-electron chi connectivity index (χ0n) is 7.89. The molecule has 0 bridgehead atoms. The van der Waals surface area contributed by atoms with E-state index in [9.17, 15) is 22.2 Å². The van der Waals surface area contributed by atoms with Crippen LogP contribution in [0, 0.1) is 0 Å². The quantitative estimate of drug-likeness (QED) is 0.486. The van der Waals surface area contributed by atoms with E-state index in [1.165, 1.54) is 24.3 Å². The number of nitrogens with one attached hydrogen (secondary N) is 1. The second kappa shape index (κ2) is 4.75. The van der Waals surface area contributed by atoms with Gasteiger partial charge in [0, 0.05) is 6.42 Å². The maximum absolute atomic E-state index is 13.3. The highest BCUT2D eigenvalue weighted by Gasteiger charge is 2.58. The molecule has 16 heavy (non-hydrogen) atoms. The summed E-state index contributed by atoms with van der Waals surface area (Å²) < 4.78 is 62.2. The third kappa shape index (κ3) is 2.48. The van der Waals surface area contributed by atoms with E-state index >= 15 is 0 Å². The van der Waals surface area contributed by atoms with E-state index in [0.717, 1.165) is 0 Å². The number of hydrogen-bond donors (Lipinski definition) is 1. The van der Waals surface area contributed by atoms with Gasteiger partial charge >= 0.3 is 11.9 Å². The van der Waals surface area contributed by atoms with Crippen LogP contribution in [0.3, 0.4) is 0 Å². The first kappa shape index (κ1) is 12.9. The smallest absolute Gasteiger partial charge is 0.200 e. The van der Waals surface area contributed by atoms with Crippen LogP contribution in [0.1, 0.15) is 5.56 Å². The van der Waals surface area contributed by atoms with E-state index in [1.54, 1.807) is 6.07 Å². The minimum atomic E-state index is -4.78. The Morgan fingerprint density at radius 3 is 2.12 bits per heavy atom. The lowest BCUT2D eigenvalue weighted by atomic mass is 10.1. The second-order valence-electron chi connectivity index (χ2n) is 3.14. The van der Waals surface area contributed by atoms with Gasteiger partial charge in [0.1, 0.15) is 0 Å². The maximum Gasteiger partial charge on any atom is 0.388 e. The number of halogens is 5. The normalized spacial score (nSPS) is 15.8. The topological polar surface area (TPSA) is 21.3 Å². The van der Waals surface area contributed by atoms with Gasteiger partial charge in [-0.25, -0.2) is 0 Å². The zero-order chi connectivity index (χ0) is 12.2. The van der Waals surface area contributed by atoms with E-state index in [0.29, 0.717) is 0 Å². The van der Waals surface area contributed by atoms with Crippen LogP contribution < -0.4 is 5.54 Å². The van der Waals surface area contributed by atoms with Crippen LogP contribution in [-0.2, 0) is 11.4 Å². The highest BCUT2D eigenvalue weighted by molar-refractivity contribution is 5.17. The van der Waals surface area contributed by atoms with Crippen molar-refractivity contribution in [3.8, 4) is 0 Å². The van der Waals surface area contributed by atoms with Gasteiger partial charge in [-0.05, 0) is 10.1 Å².